The molecule has 2 N–H and O–H groups in total. The van der Waals surface area contributed by atoms with Crippen LogP contribution in [0.3, 0.4) is 0 Å². The molecule has 1 heterocycles. The SMILES string of the molecule is C[NH+](C)C(Cc1ccccc1)=Nc1cc([NH+](C)C)nc2ccccc12. The number of nitrogens with zero attached hydrogens (tertiary/aromatic N) is 2. The van der Waals surface area contributed by atoms with Gasteiger partial charge in [-0.05, 0) is 11.6 Å². The Labute approximate surface area is 149 Å². The molecule has 1 aromatic heterocycles. The summed E-state index contributed by atoms with van der Waals surface area (Å²) >= 11 is 0. The van der Waals surface area contributed by atoms with Crippen molar-refractivity contribution in [3.05, 3.63) is 66.2 Å². The molecular formula is C21H26N4+2. The molecule has 25 heavy (non-hydrogen) atoms. The van der Waals surface area contributed by atoms with E-state index >= 15 is 0 Å². The number of hydrogen-bond donors (Lipinski definition) is 2. The fourth-order valence-electron chi connectivity index (χ4n) is 2.77. The molecule has 2 aromatic carbocycles. The lowest BCUT2D eigenvalue weighted by molar-refractivity contribution is -0.789. The Kier molecular flexibility index (Phi) is 5.22. The summed E-state index contributed by atoms with van der Waals surface area (Å²) in [6, 6.07) is 20.8. The number of fused-ring (bicyclic) bond motifs is 1. The highest BCUT2D eigenvalue weighted by Crippen LogP contribution is 2.26. The molecule has 0 amide bonds. The molecule has 0 aliphatic rings. The Morgan fingerprint density at radius 2 is 1.60 bits per heavy atom. The van der Waals surface area contributed by atoms with Crippen LogP contribution < -0.4 is 9.80 Å². The summed E-state index contributed by atoms with van der Waals surface area (Å²) in [7, 11) is 8.44. The van der Waals surface area contributed by atoms with Crippen LogP contribution in [0.2, 0.25) is 0 Å². The molecule has 0 spiro atoms. The molecule has 4 nitrogen and oxygen atoms in total. The number of likely N-dealkylation sites (N-methyl/N-ethyl adjacent to an activating group) is 1. The zero-order valence-corrected chi connectivity index (χ0v) is 15.4. The molecule has 128 valence electrons. The van der Waals surface area contributed by atoms with Crippen LogP contribution >= 0.6 is 0 Å². The van der Waals surface area contributed by atoms with Gasteiger partial charge in [-0.2, -0.15) is 9.98 Å². The second-order valence-electron chi connectivity index (χ2n) is 6.76. The van der Waals surface area contributed by atoms with Crippen LogP contribution in [0.5, 0.6) is 0 Å². The average Bonchev–Trinajstić information content (AvgIpc) is 2.61. The number of aliphatic imine (C=N–C) groups is 1. The predicted molar refractivity (Wildman–Crippen MR) is 104 cm³/mol. The molecule has 0 radical (unpaired) electrons. The number of pyridine rings is 1. The Balaban J connectivity index is 2.10. The maximum absolute atomic E-state index is 5.05. The first-order valence-electron chi connectivity index (χ1n) is 8.67. The van der Waals surface area contributed by atoms with Gasteiger partial charge >= 0.3 is 0 Å². The molecular weight excluding hydrogens is 308 g/mol. The van der Waals surface area contributed by atoms with Crippen molar-refractivity contribution in [2.45, 2.75) is 6.42 Å². The molecule has 0 saturated carbocycles. The number of quaternary nitrogens is 2. The van der Waals surface area contributed by atoms with Gasteiger partial charge in [-0.1, -0.05) is 48.5 Å². The first-order valence-corrected chi connectivity index (χ1v) is 8.67. The Bertz CT molecular complexity index is 883. The van der Waals surface area contributed by atoms with Crippen LogP contribution in [-0.2, 0) is 6.42 Å². The van der Waals surface area contributed by atoms with Crippen molar-refractivity contribution in [2.75, 3.05) is 28.2 Å². The maximum Gasteiger partial charge on any atom is 0.228 e. The van der Waals surface area contributed by atoms with Crippen LogP contribution in [0.1, 0.15) is 5.56 Å². The van der Waals surface area contributed by atoms with E-state index in [1.54, 1.807) is 0 Å². The quantitative estimate of drug-likeness (QED) is 0.549. The van der Waals surface area contributed by atoms with Gasteiger partial charge in [0.25, 0.3) is 0 Å². The fourth-order valence-corrected chi connectivity index (χ4v) is 2.77. The number of benzene rings is 2. The summed E-state index contributed by atoms with van der Waals surface area (Å²) in [4.78, 5) is 12.2. The van der Waals surface area contributed by atoms with Gasteiger partial charge in [-0.15, -0.1) is 0 Å². The van der Waals surface area contributed by atoms with E-state index in [1.165, 1.54) is 15.4 Å². The van der Waals surface area contributed by atoms with Crippen LogP contribution in [-0.4, -0.2) is 39.0 Å². The number of para-hydroxylation sites is 1. The van der Waals surface area contributed by atoms with E-state index in [0.29, 0.717) is 0 Å². The van der Waals surface area contributed by atoms with Gasteiger partial charge in [0, 0.05) is 11.5 Å². The largest absolute Gasteiger partial charge is 0.294 e. The van der Waals surface area contributed by atoms with Crippen molar-refractivity contribution in [3.8, 4) is 0 Å². The molecule has 3 rings (SSSR count). The summed E-state index contributed by atoms with van der Waals surface area (Å²) in [5.74, 6) is 2.12. The van der Waals surface area contributed by atoms with E-state index in [-0.39, 0.29) is 0 Å². The van der Waals surface area contributed by atoms with Crippen molar-refractivity contribution in [3.63, 3.8) is 0 Å². The average molecular weight is 334 g/mol. The summed E-state index contributed by atoms with van der Waals surface area (Å²) in [5, 5.41) is 1.10. The highest BCUT2D eigenvalue weighted by atomic mass is 15.2. The number of aromatic nitrogens is 1. The second-order valence-corrected chi connectivity index (χ2v) is 6.76. The summed E-state index contributed by atoms with van der Waals surface area (Å²) < 4.78 is 0. The van der Waals surface area contributed by atoms with Crippen LogP contribution in [0.15, 0.2) is 65.7 Å². The molecule has 0 atom stereocenters. The van der Waals surface area contributed by atoms with Gasteiger partial charge in [0.2, 0.25) is 11.7 Å². The number of rotatable bonds is 4. The Morgan fingerprint density at radius 1 is 0.920 bits per heavy atom. The van der Waals surface area contributed by atoms with Crippen molar-refractivity contribution in [2.24, 2.45) is 4.99 Å². The summed E-state index contributed by atoms with van der Waals surface area (Å²) in [6.07, 6.45) is 0.837. The van der Waals surface area contributed by atoms with E-state index in [2.05, 4.69) is 70.7 Å². The number of amidine groups is 1. The minimum absolute atomic E-state index is 0.837. The third-order valence-electron chi connectivity index (χ3n) is 4.25. The molecule has 4 heteroatoms. The lowest BCUT2D eigenvalue weighted by atomic mass is 10.1. The van der Waals surface area contributed by atoms with E-state index in [4.69, 9.17) is 9.98 Å². The lowest BCUT2D eigenvalue weighted by Crippen LogP contribution is -3.08. The van der Waals surface area contributed by atoms with E-state index in [0.717, 1.165) is 34.7 Å². The first-order chi connectivity index (χ1) is 12.0. The van der Waals surface area contributed by atoms with Gasteiger partial charge in [0.1, 0.15) is 0 Å². The van der Waals surface area contributed by atoms with Gasteiger partial charge in [0.05, 0.1) is 45.8 Å². The summed E-state index contributed by atoms with van der Waals surface area (Å²) in [5.41, 5.74) is 3.26. The predicted octanol–water partition coefficient (Wildman–Crippen LogP) is 1.43. The molecule has 0 aliphatic heterocycles. The van der Waals surface area contributed by atoms with Gasteiger partial charge in [-0.25, -0.2) is 0 Å². The van der Waals surface area contributed by atoms with E-state index < -0.39 is 0 Å². The normalized spacial score (nSPS) is 12.3. The first kappa shape index (κ1) is 17.3. The zero-order chi connectivity index (χ0) is 17.8. The minimum atomic E-state index is 0.837. The van der Waals surface area contributed by atoms with Crippen LogP contribution in [0.25, 0.3) is 10.9 Å². The maximum atomic E-state index is 5.05. The molecule has 0 saturated heterocycles. The third-order valence-corrected chi connectivity index (χ3v) is 4.25. The van der Waals surface area contributed by atoms with Crippen molar-refractivity contribution >= 4 is 28.2 Å². The standard InChI is InChI=1S/C21H24N4/c1-24(2)20(14-16-10-6-5-7-11-16)23-19-15-21(25(3)4)22-18-13-9-8-12-17(18)19/h5-13,15H,14H2,1-4H3/p+2. The van der Waals surface area contributed by atoms with Crippen LogP contribution in [0, 0.1) is 0 Å². The third kappa shape index (κ3) is 4.10. The monoisotopic (exact) mass is 334 g/mol. The second kappa shape index (κ2) is 7.55. The number of hydrogen-bond acceptors (Lipinski definition) is 2. The Hall–Kier alpha value is -2.56. The van der Waals surface area contributed by atoms with Gasteiger partial charge in [-0.3, -0.25) is 9.80 Å². The highest BCUT2D eigenvalue weighted by molar-refractivity contribution is 5.93. The number of nitrogens with one attached hydrogen (secondary N) is 2. The van der Waals surface area contributed by atoms with Crippen molar-refractivity contribution in [1.29, 1.82) is 0 Å². The van der Waals surface area contributed by atoms with Gasteiger partial charge < -0.3 is 0 Å². The van der Waals surface area contributed by atoms with Gasteiger partial charge in [0.15, 0.2) is 0 Å². The molecule has 0 fully saturated rings. The van der Waals surface area contributed by atoms with E-state index in [1.807, 2.05) is 18.2 Å². The zero-order valence-electron chi connectivity index (χ0n) is 15.4. The van der Waals surface area contributed by atoms with Crippen LogP contribution in [0.4, 0.5) is 11.5 Å². The molecule has 0 bridgehead atoms. The van der Waals surface area contributed by atoms with Crippen molar-refractivity contribution < 1.29 is 9.80 Å². The smallest absolute Gasteiger partial charge is 0.228 e. The highest BCUT2D eigenvalue weighted by Gasteiger charge is 2.14. The molecule has 0 aliphatic carbocycles. The topological polar surface area (TPSA) is 34.1 Å². The lowest BCUT2D eigenvalue weighted by Gasteiger charge is -2.13. The fraction of sp³-hybridized carbons (Fsp3) is 0.238. The Morgan fingerprint density at radius 3 is 2.28 bits per heavy atom. The molecule has 3 aromatic rings. The molecule has 0 unspecified atom stereocenters. The van der Waals surface area contributed by atoms with E-state index in [9.17, 15) is 0 Å². The minimum Gasteiger partial charge on any atom is -0.294 e. The summed E-state index contributed by atoms with van der Waals surface area (Å²) in [6.45, 7) is 0. The van der Waals surface area contributed by atoms with Crippen molar-refractivity contribution in [1.82, 2.24) is 4.98 Å².